The van der Waals surface area contributed by atoms with Crippen molar-refractivity contribution in [3.63, 3.8) is 0 Å². The van der Waals surface area contributed by atoms with Gasteiger partial charge in [-0.15, -0.1) is 0 Å². The fourth-order valence-electron chi connectivity index (χ4n) is 1.77. The third-order valence-electron chi connectivity index (χ3n) is 2.78. The van der Waals surface area contributed by atoms with Crippen LogP contribution in [0.4, 0.5) is 15.8 Å². The van der Waals surface area contributed by atoms with E-state index in [1.807, 2.05) is 6.07 Å². The molecular formula is C15H13FN2O2. The molecule has 102 valence electrons. The maximum absolute atomic E-state index is 13.1. The van der Waals surface area contributed by atoms with Gasteiger partial charge in [0.2, 0.25) is 0 Å². The summed E-state index contributed by atoms with van der Waals surface area (Å²) < 4.78 is 23.5. The number of nitrogens with one attached hydrogen (secondary N) is 1. The zero-order chi connectivity index (χ0) is 14.5. The van der Waals surface area contributed by atoms with Crippen LogP contribution in [-0.4, -0.2) is 14.2 Å². The fourth-order valence-corrected chi connectivity index (χ4v) is 1.77. The van der Waals surface area contributed by atoms with E-state index in [1.54, 1.807) is 32.4 Å². The van der Waals surface area contributed by atoms with E-state index in [1.165, 1.54) is 18.2 Å². The Kier molecular flexibility index (Phi) is 4.06. The topological polar surface area (TPSA) is 54.3 Å². The van der Waals surface area contributed by atoms with Crippen LogP contribution in [0.5, 0.6) is 11.5 Å². The summed E-state index contributed by atoms with van der Waals surface area (Å²) in [6, 6.07) is 11.2. The second kappa shape index (κ2) is 5.93. The minimum atomic E-state index is -0.454. The third-order valence-corrected chi connectivity index (χ3v) is 2.78. The molecule has 0 heterocycles. The van der Waals surface area contributed by atoms with E-state index in [9.17, 15) is 4.39 Å². The average Bonchev–Trinajstić information content (AvgIpc) is 2.48. The Morgan fingerprint density at radius 1 is 1.05 bits per heavy atom. The van der Waals surface area contributed by atoms with Crippen molar-refractivity contribution in [2.75, 3.05) is 19.5 Å². The number of ether oxygens (including phenoxy) is 2. The Morgan fingerprint density at radius 2 is 1.85 bits per heavy atom. The molecule has 5 heteroatoms. The molecule has 20 heavy (non-hydrogen) atoms. The highest BCUT2D eigenvalue weighted by Gasteiger charge is 2.09. The summed E-state index contributed by atoms with van der Waals surface area (Å²) >= 11 is 0. The van der Waals surface area contributed by atoms with Crippen LogP contribution < -0.4 is 14.8 Å². The molecule has 0 aliphatic rings. The van der Waals surface area contributed by atoms with Gasteiger partial charge in [0.25, 0.3) is 0 Å². The van der Waals surface area contributed by atoms with Gasteiger partial charge in [-0.2, -0.15) is 5.26 Å². The molecule has 0 fully saturated rings. The first kappa shape index (κ1) is 13.7. The number of hydrogen-bond acceptors (Lipinski definition) is 4. The van der Waals surface area contributed by atoms with Crippen LogP contribution in [0.1, 0.15) is 5.56 Å². The Morgan fingerprint density at radius 3 is 2.50 bits per heavy atom. The van der Waals surface area contributed by atoms with Crippen LogP contribution in [0, 0.1) is 17.1 Å². The Labute approximate surface area is 116 Å². The Bertz CT molecular complexity index is 665. The summed E-state index contributed by atoms with van der Waals surface area (Å²) in [6.45, 7) is 0. The van der Waals surface area contributed by atoms with Gasteiger partial charge in [0.05, 0.1) is 31.2 Å². The highest BCUT2D eigenvalue weighted by atomic mass is 19.1. The van der Waals surface area contributed by atoms with Crippen molar-refractivity contribution in [1.29, 1.82) is 5.26 Å². The second-order valence-corrected chi connectivity index (χ2v) is 3.99. The van der Waals surface area contributed by atoms with Crippen LogP contribution in [0.3, 0.4) is 0 Å². The quantitative estimate of drug-likeness (QED) is 0.926. The highest BCUT2D eigenvalue weighted by Crippen LogP contribution is 2.32. The van der Waals surface area contributed by atoms with E-state index >= 15 is 0 Å². The summed E-state index contributed by atoms with van der Waals surface area (Å²) in [5.41, 5.74) is 1.35. The third kappa shape index (κ3) is 2.81. The zero-order valence-corrected chi connectivity index (χ0v) is 11.1. The lowest BCUT2D eigenvalue weighted by Gasteiger charge is -2.13. The molecule has 2 aromatic carbocycles. The summed E-state index contributed by atoms with van der Waals surface area (Å²) in [5, 5.41) is 12.1. The summed E-state index contributed by atoms with van der Waals surface area (Å²) in [4.78, 5) is 0. The number of nitriles is 1. The van der Waals surface area contributed by atoms with Gasteiger partial charge in [0, 0.05) is 6.07 Å². The molecule has 0 aliphatic carbocycles. The normalized spacial score (nSPS) is 9.70. The molecule has 0 atom stereocenters. The van der Waals surface area contributed by atoms with E-state index in [2.05, 4.69) is 5.32 Å². The first-order valence-electron chi connectivity index (χ1n) is 5.86. The molecule has 0 bridgehead atoms. The van der Waals surface area contributed by atoms with Crippen LogP contribution in [0.15, 0.2) is 36.4 Å². The monoisotopic (exact) mass is 272 g/mol. The van der Waals surface area contributed by atoms with Crippen molar-refractivity contribution in [1.82, 2.24) is 0 Å². The molecule has 4 nitrogen and oxygen atoms in total. The minimum Gasteiger partial charge on any atom is -0.497 e. The van der Waals surface area contributed by atoms with Crippen molar-refractivity contribution >= 4 is 11.4 Å². The lowest BCUT2D eigenvalue weighted by Crippen LogP contribution is -1.98. The molecule has 0 aromatic heterocycles. The number of nitrogens with zero attached hydrogens (tertiary/aromatic N) is 1. The fraction of sp³-hybridized carbons (Fsp3) is 0.133. The van der Waals surface area contributed by atoms with E-state index in [0.29, 0.717) is 22.9 Å². The van der Waals surface area contributed by atoms with Gasteiger partial charge in [0.15, 0.2) is 0 Å². The number of methoxy groups -OCH3 is 2. The standard InChI is InChI=1S/C15H13FN2O2/c1-19-12-4-6-15(20-2)14(8-12)18-13-5-3-11(16)7-10(13)9-17/h3-8,18H,1-2H3. The summed E-state index contributed by atoms with van der Waals surface area (Å²) in [7, 11) is 3.10. The highest BCUT2D eigenvalue weighted by molar-refractivity contribution is 5.71. The van der Waals surface area contributed by atoms with E-state index in [4.69, 9.17) is 14.7 Å². The van der Waals surface area contributed by atoms with Gasteiger partial charge < -0.3 is 14.8 Å². The predicted molar refractivity (Wildman–Crippen MR) is 73.9 cm³/mol. The van der Waals surface area contributed by atoms with Crippen molar-refractivity contribution in [3.8, 4) is 17.6 Å². The van der Waals surface area contributed by atoms with Gasteiger partial charge in [-0.3, -0.25) is 0 Å². The maximum atomic E-state index is 13.1. The van der Waals surface area contributed by atoms with Gasteiger partial charge >= 0.3 is 0 Å². The molecule has 2 aromatic rings. The predicted octanol–water partition coefficient (Wildman–Crippen LogP) is 3.46. The van der Waals surface area contributed by atoms with Crippen molar-refractivity contribution < 1.29 is 13.9 Å². The first-order valence-corrected chi connectivity index (χ1v) is 5.86. The molecule has 2 rings (SSSR count). The molecule has 0 amide bonds. The van der Waals surface area contributed by atoms with Crippen LogP contribution in [0.2, 0.25) is 0 Å². The van der Waals surface area contributed by atoms with E-state index in [-0.39, 0.29) is 5.56 Å². The summed E-state index contributed by atoms with van der Waals surface area (Å²) in [5.74, 6) is 0.789. The Balaban J connectivity index is 2.41. The number of benzene rings is 2. The molecule has 0 radical (unpaired) electrons. The number of anilines is 2. The number of hydrogen-bond donors (Lipinski definition) is 1. The molecule has 0 saturated heterocycles. The number of rotatable bonds is 4. The lowest BCUT2D eigenvalue weighted by atomic mass is 10.1. The van der Waals surface area contributed by atoms with Gasteiger partial charge in [-0.05, 0) is 30.3 Å². The van der Waals surface area contributed by atoms with E-state index < -0.39 is 5.82 Å². The Hall–Kier alpha value is -2.74. The van der Waals surface area contributed by atoms with Gasteiger partial charge in [-0.1, -0.05) is 0 Å². The molecule has 0 aliphatic heterocycles. The molecule has 1 N–H and O–H groups in total. The molecular weight excluding hydrogens is 259 g/mol. The largest absolute Gasteiger partial charge is 0.497 e. The van der Waals surface area contributed by atoms with Crippen molar-refractivity contribution in [2.45, 2.75) is 0 Å². The molecule has 0 unspecified atom stereocenters. The second-order valence-electron chi connectivity index (χ2n) is 3.99. The minimum absolute atomic E-state index is 0.217. The smallest absolute Gasteiger partial charge is 0.142 e. The summed E-state index contributed by atoms with van der Waals surface area (Å²) in [6.07, 6.45) is 0. The number of halogens is 1. The lowest BCUT2D eigenvalue weighted by molar-refractivity contribution is 0.405. The van der Waals surface area contributed by atoms with Crippen LogP contribution in [-0.2, 0) is 0 Å². The van der Waals surface area contributed by atoms with Crippen molar-refractivity contribution in [2.24, 2.45) is 0 Å². The molecule has 0 saturated carbocycles. The SMILES string of the molecule is COc1ccc(OC)c(Nc2ccc(F)cc2C#N)c1. The molecule has 0 spiro atoms. The first-order chi connectivity index (χ1) is 9.67. The van der Waals surface area contributed by atoms with E-state index in [0.717, 1.165) is 0 Å². The average molecular weight is 272 g/mol. The zero-order valence-electron chi connectivity index (χ0n) is 11.1. The van der Waals surface area contributed by atoms with Crippen molar-refractivity contribution in [3.05, 3.63) is 47.8 Å². The maximum Gasteiger partial charge on any atom is 0.142 e. The van der Waals surface area contributed by atoms with Crippen LogP contribution >= 0.6 is 0 Å². The van der Waals surface area contributed by atoms with Crippen LogP contribution in [0.25, 0.3) is 0 Å². The van der Waals surface area contributed by atoms with Gasteiger partial charge in [-0.25, -0.2) is 4.39 Å². The van der Waals surface area contributed by atoms with Gasteiger partial charge in [0.1, 0.15) is 23.4 Å².